The second-order valence-electron chi connectivity index (χ2n) is 3.82. The van der Waals surface area contributed by atoms with Gasteiger partial charge in [-0.25, -0.2) is 0 Å². The van der Waals surface area contributed by atoms with Crippen LogP contribution in [-0.4, -0.2) is 30.8 Å². The molecule has 1 saturated heterocycles. The van der Waals surface area contributed by atoms with E-state index in [0.717, 1.165) is 5.56 Å². The molecule has 0 bridgehead atoms. The fourth-order valence-corrected chi connectivity index (χ4v) is 1.84. The third-order valence-electron chi connectivity index (χ3n) is 2.71. The number of carbonyl (C=O) groups excluding carboxylic acids is 1. The number of carbonyl (C=O) groups is 1. The summed E-state index contributed by atoms with van der Waals surface area (Å²) in [6.45, 7) is 0.485. The van der Waals surface area contributed by atoms with E-state index in [9.17, 15) is 14.9 Å². The molecule has 0 unspecified atom stereocenters. The van der Waals surface area contributed by atoms with Crippen molar-refractivity contribution in [2.75, 3.05) is 13.4 Å². The van der Waals surface area contributed by atoms with Gasteiger partial charge in [0.05, 0.1) is 17.6 Å². The number of benzene rings is 1. The number of hydrogen-bond acceptors (Lipinski definition) is 5. The van der Waals surface area contributed by atoms with E-state index in [-0.39, 0.29) is 24.6 Å². The van der Waals surface area contributed by atoms with Crippen LogP contribution in [-0.2, 0) is 14.3 Å². The Morgan fingerprint density at radius 1 is 1.39 bits per heavy atom. The largest absolute Gasteiger partial charge is 0.353 e. The van der Waals surface area contributed by atoms with Gasteiger partial charge in [0, 0.05) is 12.1 Å². The molecule has 18 heavy (non-hydrogen) atoms. The molecule has 1 heterocycles. The lowest BCUT2D eigenvalue weighted by atomic mass is 10.0. The number of nitro benzene ring substituents is 1. The summed E-state index contributed by atoms with van der Waals surface area (Å²) in [7, 11) is 0. The van der Waals surface area contributed by atoms with E-state index in [1.807, 2.05) is 0 Å². The van der Waals surface area contributed by atoms with Gasteiger partial charge in [-0.2, -0.15) is 0 Å². The topological polar surface area (TPSA) is 90.7 Å². The average molecular weight is 252 g/mol. The van der Waals surface area contributed by atoms with Crippen molar-refractivity contribution in [3.63, 3.8) is 0 Å². The number of nitro groups is 1. The molecule has 2 atom stereocenters. The third kappa shape index (κ3) is 2.63. The van der Waals surface area contributed by atoms with E-state index in [2.05, 4.69) is 5.32 Å². The molecule has 1 aliphatic rings. The van der Waals surface area contributed by atoms with Crippen molar-refractivity contribution in [3.8, 4) is 0 Å². The highest BCUT2D eigenvalue weighted by molar-refractivity contribution is 5.47. The van der Waals surface area contributed by atoms with Crippen molar-refractivity contribution < 1.29 is 19.2 Å². The first kappa shape index (κ1) is 12.5. The Bertz CT molecular complexity index is 434. The summed E-state index contributed by atoms with van der Waals surface area (Å²) in [6, 6.07) is 5.76. The SMILES string of the molecule is O=CN[C@H]1COCO[C@H]1c1ccc([N+](=O)[O-])cc1. The first-order valence-corrected chi connectivity index (χ1v) is 5.36. The fourth-order valence-electron chi connectivity index (χ4n) is 1.84. The highest BCUT2D eigenvalue weighted by atomic mass is 16.7. The predicted molar refractivity (Wildman–Crippen MR) is 60.7 cm³/mol. The smallest absolute Gasteiger partial charge is 0.269 e. The molecule has 0 spiro atoms. The maximum absolute atomic E-state index is 10.6. The number of rotatable bonds is 4. The van der Waals surface area contributed by atoms with Crippen LogP contribution < -0.4 is 5.32 Å². The summed E-state index contributed by atoms with van der Waals surface area (Å²) in [5, 5.41) is 13.2. The minimum Gasteiger partial charge on any atom is -0.353 e. The van der Waals surface area contributed by atoms with Crippen LogP contribution in [0.2, 0.25) is 0 Å². The van der Waals surface area contributed by atoms with Gasteiger partial charge in [0.2, 0.25) is 6.41 Å². The lowest BCUT2D eigenvalue weighted by molar-refractivity contribution is -0.384. The van der Waals surface area contributed by atoms with E-state index < -0.39 is 4.92 Å². The van der Waals surface area contributed by atoms with Crippen molar-refractivity contribution in [3.05, 3.63) is 39.9 Å². The molecular weight excluding hydrogens is 240 g/mol. The zero-order valence-electron chi connectivity index (χ0n) is 9.44. The molecule has 0 aliphatic carbocycles. The zero-order valence-corrected chi connectivity index (χ0v) is 9.44. The molecule has 0 radical (unpaired) electrons. The molecule has 7 nitrogen and oxygen atoms in total. The number of hydrogen-bond donors (Lipinski definition) is 1. The van der Waals surface area contributed by atoms with Crippen LogP contribution in [0.15, 0.2) is 24.3 Å². The fraction of sp³-hybridized carbons (Fsp3) is 0.364. The van der Waals surface area contributed by atoms with Gasteiger partial charge in [-0.15, -0.1) is 0 Å². The van der Waals surface area contributed by atoms with Crippen molar-refractivity contribution >= 4 is 12.1 Å². The van der Waals surface area contributed by atoms with E-state index >= 15 is 0 Å². The summed E-state index contributed by atoms with van der Waals surface area (Å²) in [6.07, 6.45) is 0.228. The van der Waals surface area contributed by atoms with Gasteiger partial charge in [-0.05, 0) is 17.7 Å². The van der Waals surface area contributed by atoms with Gasteiger partial charge in [-0.3, -0.25) is 14.9 Å². The lowest BCUT2D eigenvalue weighted by Gasteiger charge is -2.31. The first-order chi connectivity index (χ1) is 8.72. The van der Waals surface area contributed by atoms with Crippen LogP contribution in [0.5, 0.6) is 0 Å². The summed E-state index contributed by atoms with van der Waals surface area (Å²) in [4.78, 5) is 20.6. The molecule has 1 amide bonds. The second-order valence-corrected chi connectivity index (χ2v) is 3.82. The summed E-state index contributed by atoms with van der Waals surface area (Å²) in [5.41, 5.74) is 0.786. The Morgan fingerprint density at radius 2 is 2.11 bits per heavy atom. The van der Waals surface area contributed by atoms with Crippen molar-refractivity contribution in [2.24, 2.45) is 0 Å². The molecule has 1 N–H and O–H groups in total. The number of nitrogens with zero attached hydrogens (tertiary/aromatic N) is 1. The minimum atomic E-state index is -0.463. The normalized spacial score (nSPS) is 23.3. The van der Waals surface area contributed by atoms with Crippen molar-refractivity contribution in [1.82, 2.24) is 5.32 Å². The average Bonchev–Trinajstić information content (AvgIpc) is 2.40. The van der Waals surface area contributed by atoms with Gasteiger partial charge in [0.15, 0.2) is 0 Å². The molecule has 0 saturated carbocycles. The molecule has 96 valence electrons. The van der Waals surface area contributed by atoms with Crippen LogP contribution in [0.1, 0.15) is 11.7 Å². The van der Waals surface area contributed by atoms with Crippen molar-refractivity contribution in [2.45, 2.75) is 12.1 Å². The number of nitrogens with one attached hydrogen (secondary N) is 1. The van der Waals surface area contributed by atoms with E-state index in [1.54, 1.807) is 12.1 Å². The highest BCUT2D eigenvalue weighted by Gasteiger charge is 2.28. The van der Waals surface area contributed by atoms with E-state index in [4.69, 9.17) is 9.47 Å². The Kier molecular flexibility index (Phi) is 3.85. The highest BCUT2D eigenvalue weighted by Crippen LogP contribution is 2.26. The molecule has 0 aromatic heterocycles. The molecule has 1 fully saturated rings. The quantitative estimate of drug-likeness (QED) is 0.485. The molecule has 2 rings (SSSR count). The van der Waals surface area contributed by atoms with Crippen LogP contribution in [0.3, 0.4) is 0 Å². The van der Waals surface area contributed by atoms with Gasteiger partial charge < -0.3 is 14.8 Å². The molecule has 1 aliphatic heterocycles. The molecule has 1 aromatic carbocycles. The van der Waals surface area contributed by atoms with Gasteiger partial charge in [-0.1, -0.05) is 0 Å². The number of non-ortho nitro benzene ring substituents is 1. The molecule has 1 aromatic rings. The zero-order chi connectivity index (χ0) is 13.0. The van der Waals surface area contributed by atoms with Crippen LogP contribution >= 0.6 is 0 Å². The third-order valence-corrected chi connectivity index (χ3v) is 2.71. The van der Waals surface area contributed by atoms with Crippen LogP contribution in [0.25, 0.3) is 0 Å². The second kappa shape index (κ2) is 5.56. The predicted octanol–water partition coefficient (Wildman–Crippen LogP) is 0.755. The van der Waals surface area contributed by atoms with Crippen LogP contribution in [0.4, 0.5) is 5.69 Å². The maximum Gasteiger partial charge on any atom is 0.269 e. The monoisotopic (exact) mass is 252 g/mol. The summed E-state index contributed by atoms with van der Waals surface area (Å²) < 4.78 is 10.5. The molecular formula is C11H12N2O5. The van der Waals surface area contributed by atoms with Gasteiger partial charge in [0.1, 0.15) is 12.9 Å². The number of amides is 1. The lowest BCUT2D eigenvalue weighted by Crippen LogP contribution is -2.43. The van der Waals surface area contributed by atoms with Gasteiger partial charge in [0.25, 0.3) is 5.69 Å². The first-order valence-electron chi connectivity index (χ1n) is 5.36. The van der Waals surface area contributed by atoms with Crippen molar-refractivity contribution in [1.29, 1.82) is 0 Å². The standard InChI is InChI=1S/C11H12N2O5/c14-6-12-10-5-17-7-18-11(10)8-1-3-9(4-2-8)13(15)16/h1-4,6,10-11H,5,7H2,(H,12,14)/t10-,11-/m0/s1. The number of ether oxygens (including phenoxy) is 2. The summed E-state index contributed by atoms with van der Waals surface area (Å²) >= 11 is 0. The van der Waals surface area contributed by atoms with E-state index in [1.165, 1.54) is 12.1 Å². The van der Waals surface area contributed by atoms with Gasteiger partial charge >= 0.3 is 0 Å². The summed E-state index contributed by atoms with van der Waals surface area (Å²) in [5.74, 6) is 0. The Labute approximate surface area is 103 Å². The minimum absolute atomic E-state index is 0.0192. The maximum atomic E-state index is 10.6. The van der Waals surface area contributed by atoms with Crippen LogP contribution in [0, 0.1) is 10.1 Å². The van der Waals surface area contributed by atoms with E-state index in [0.29, 0.717) is 13.0 Å². The Hall–Kier alpha value is -1.99. The molecule has 7 heteroatoms. The Morgan fingerprint density at radius 3 is 2.72 bits per heavy atom. The Balaban J connectivity index is 2.17.